The molecule has 2 saturated heterocycles. The van der Waals surface area contributed by atoms with Crippen LogP contribution in [0.25, 0.3) is 0 Å². The first-order valence-electron chi connectivity index (χ1n) is 21.3. The summed E-state index contributed by atoms with van der Waals surface area (Å²) in [5, 5.41) is 211. The van der Waals surface area contributed by atoms with Crippen LogP contribution in [-0.4, -0.2) is 321 Å². The van der Waals surface area contributed by atoms with Crippen molar-refractivity contribution in [1.29, 1.82) is 0 Å². The zero-order valence-corrected chi connectivity index (χ0v) is 38.2. The molecular formula is C38H68N2O32. The number of aliphatic carboxylic acids is 2. The number of carbonyl (C=O) groups excluding carboxylic acids is 4. The van der Waals surface area contributed by atoms with E-state index in [1.807, 2.05) is 5.32 Å². The van der Waals surface area contributed by atoms with Crippen LogP contribution in [0, 0.1) is 0 Å². The molecule has 0 aliphatic carbocycles. The molecule has 72 heavy (non-hydrogen) atoms. The van der Waals surface area contributed by atoms with Gasteiger partial charge in [0.2, 0.25) is 17.5 Å². The topological polar surface area (TPSA) is 622 Å². The summed E-state index contributed by atoms with van der Waals surface area (Å²) in [5.74, 6) is -6.95. The van der Waals surface area contributed by atoms with Gasteiger partial charge in [0.15, 0.2) is 18.9 Å². The Bertz CT molecular complexity index is 1650. The Hall–Kier alpha value is -3.58. The lowest BCUT2D eigenvalue weighted by Crippen LogP contribution is -2.65. The molecule has 0 radical (unpaired) electrons. The second kappa shape index (κ2) is 32.7. The van der Waals surface area contributed by atoms with E-state index < -0.39 is 215 Å². The molecule has 2 aliphatic heterocycles. The van der Waals surface area contributed by atoms with Crippen LogP contribution >= 0.6 is 0 Å². The van der Waals surface area contributed by atoms with E-state index in [0.29, 0.717) is 0 Å². The maximum Gasteiger partial charge on any atom is 0.372 e. The van der Waals surface area contributed by atoms with Gasteiger partial charge in [-0.3, -0.25) is 14.4 Å². The van der Waals surface area contributed by atoms with E-state index in [1.54, 1.807) is 0 Å². The number of hydrogen-bond acceptors (Lipinski definition) is 31. The van der Waals surface area contributed by atoms with Crippen molar-refractivity contribution in [3.8, 4) is 0 Å². The Kier molecular flexibility index (Phi) is 31.0. The maximum atomic E-state index is 11.0. The second-order valence-electron chi connectivity index (χ2n) is 16.2. The van der Waals surface area contributed by atoms with E-state index >= 15 is 0 Å². The number of rotatable bonds is 27. The minimum absolute atomic E-state index is 0.0593. The summed E-state index contributed by atoms with van der Waals surface area (Å²) in [4.78, 5) is 64.3. The highest BCUT2D eigenvalue weighted by atomic mass is 16.8. The summed E-state index contributed by atoms with van der Waals surface area (Å²) in [6, 6.07) is -3.16. The Balaban J connectivity index is 0.00000112. The second-order valence-corrected chi connectivity index (χ2v) is 16.2. The molecule has 25 N–H and O–H groups in total. The van der Waals surface area contributed by atoms with Crippen LogP contribution in [0.5, 0.6) is 0 Å². The van der Waals surface area contributed by atoms with E-state index in [2.05, 4.69) is 0 Å². The van der Waals surface area contributed by atoms with Gasteiger partial charge in [0, 0.05) is 19.8 Å². The largest absolute Gasteiger partial charge is 0.475 e. The van der Waals surface area contributed by atoms with Crippen LogP contribution in [-0.2, 0) is 47.7 Å². The fraction of sp³-hybridized carbons (Fsp3) is 0.842. The van der Waals surface area contributed by atoms with Crippen LogP contribution in [0.3, 0.4) is 0 Å². The number of aliphatic hydroxyl groups excluding tert-OH is 20. The number of aldehydes is 1. The molecule has 422 valence electrons. The van der Waals surface area contributed by atoms with Crippen LogP contribution in [0.1, 0.15) is 26.7 Å². The average molecular weight is 1060 g/mol. The number of carboxylic acid groups (broad SMARTS) is 2. The fourth-order valence-electron chi connectivity index (χ4n) is 6.32. The van der Waals surface area contributed by atoms with Crippen molar-refractivity contribution in [2.45, 2.75) is 173 Å². The predicted molar refractivity (Wildman–Crippen MR) is 223 cm³/mol. The number of ether oxygens (including phenoxy) is 4. The smallest absolute Gasteiger partial charge is 0.372 e. The van der Waals surface area contributed by atoms with E-state index in [9.17, 15) is 116 Å². The Morgan fingerprint density at radius 3 is 1.50 bits per heavy atom. The molecule has 0 aromatic carbocycles. The van der Waals surface area contributed by atoms with Crippen molar-refractivity contribution in [1.82, 2.24) is 5.32 Å². The first-order valence-corrected chi connectivity index (χ1v) is 21.3. The molecule has 2 fully saturated rings. The standard InChI is InChI=1S/C18H32O15.C11H19NO9.C9H17NO8/c1-5-9(24)12(27)14(29)17(30-5)33-16-13(28)11(26)8(4-21)31-18(16)32-15(7(23)3-20)10(25)6(22)2-19;1-4(14)12-8(5(15)2-6(16)11(20)21)10(19)9(18)7(17)3-13;10-6(3(12)1-4(13)9(17)18)8(16)7(15)5(14)2-11/h2,5-18,20-29H,3-4H2,1H3;5,7-10,13,15,17-19H,2-3H2,1H3,(H,12,14)(H,20,21);3,5-8,11-12,14-16H,1-2,10H2,(H,17,18)/t5-,6-,7+,8+,9+,10+,11-,12+,13-,14-,15+,16+,17-,18-;;/m0../s1. The molecule has 2 rings (SSSR count). The van der Waals surface area contributed by atoms with Crippen molar-refractivity contribution < 1.29 is 160 Å². The van der Waals surface area contributed by atoms with Gasteiger partial charge in [0.1, 0.15) is 104 Å². The van der Waals surface area contributed by atoms with Gasteiger partial charge >= 0.3 is 11.9 Å². The van der Waals surface area contributed by atoms with Crippen molar-refractivity contribution in [2.75, 3.05) is 26.4 Å². The minimum Gasteiger partial charge on any atom is -0.475 e. The molecule has 24 atom stereocenters. The lowest BCUT2D eigenvalue weighted by atomic mass is 9.94. The Morgan fingerprint density at radius 2 is 1.07 bits per heavy atom. The van der Waals surface area contributed by atoms with Crippen LogP contribution in [0.2, 0.25) is 0 Å². The third-order valence-corrected chi connectivity index (χ3v) is 10.7. The quantitative estimate of drug-likeness (QED) is 0.0268. The normalized spacial score (nSPS) is 30.2. The summed E-state index contributed by atoms with van der Waals surface area (Å²) in [6.45, 7) is -1.15. The Morgan fingerprint density at radius 1 is 0.597 bits per heavy atom. The van der Waals surface area contributed by atoms with Crippen molar-refractivity contribution in [3.63, 3.8) is 0 Å². The summed E-state index contributed by atoms with van der Waals surface area (Å²) in [7, 11) is 0. The van der Waals surface area contributed by atoms with Gasteiger partial charge < -0.3 is 147 Å². The lowest BCUT2D eigenvalue weighted by Gasteiger charge is -2.46. The molecule has 0 aromatic heterocycles. The highest BCUT2D eigenvalue weighted by Crippen LogP contribution is 2.31. The first-order chi connectivity index (χ1) is 33.3. The molecule has 10 unspecified atom stereocenters. The van der Waals surface area contributed by atoms with E-state index in [4.69, 9.17) is 50.2 Å². The van der Waals surface area contributed by atoms with Gasteiger partial charge in [-0.15, -0.1) is 0 Å². The Labute approximate surface area is 406 Å². The number of ketones is 2. The van der Waals surface area contributed by atoms with E-state index in [0.717, 1.165) is 6.92 Å². The minimum atomic E-state index is -2.08. The lowest BCUT2D eigenvalue weighted by molar-refractivity contribution is -0.375. The predicted octanol–water partition coefficient (Wildman–Crippen LogP) is -14.9. The third kappa shape index (κ3) is 20.3. The number of amides is 1. The van der Waals surface area contributed by atoms with E-state index in [-0.39, 0.29) is 6.29 Å². The van der Waals surface area contributed by atoms with Crippen molar-refractivity contribution in [2.24, 2.45) is 5.73 Å². The number of aliphatic hydroxyl groups is 20. The molecule has 0 saturated carbocycles. The molecule has 2 heterocycles. The number of carbonyl (C=O) groups is 6. The van der Waals surface area contributed by atoms with Gasteiger partial charge in [-0.2, -0.15) is 0 Å². The highest BCUT2D eigenvalue weighted by Gasteiger charge is 2.52. The molecule has 34 heteroatoms. The maximum absolute atomic E-state index is 11.0. The fourth-order valence-corrected chi connectivity index (χ4v) is 6.32. The van der Waals surface area contributed by atoms with Crippen LogP contribution < -0.4 is 11.1 Å². The van der Waals surface area contributed by atoms with Gasteiger partial charge in [0.25, 0.3) is 0 Å². The van der Waals surface area contributed by atoms with Crippen molar-refractivity contribution >= 4 is 35.7 Å². The van der Waals surface area contributed by atoms with Gasteiger partial charge in [-0.25, -0.2) is 9.59 Å². The SMILES string of the molecule is CC(=O)NC(C(O)CC(=O)C(=O)O)C(O)C(O)C(O)CO.C[C@@H]1O[C@@H](O[C@H]2[C@H](O[C@@H]([C@H](O)[C@@H](O)C=O)[C@H](O)CO)O[C@H](CO)[C@H](O)[C@@H]2O)[C@@H](O)[C@H](O)[C@@H]1O.NC(C(O)CC(=O)C(=O)O)C(O)C(O)C(O)CO. The zero-order valence-electron chi connectivity index (χ0n) is 38.2. The summed E-state index contributed by atoms with van der Waals surface area (Å²) < 4.78 is 21.5. The molecule has 34 nitrogen and oxygen atoms in total. The highest BCUT2D eigenvalue weighted by molar-refractivity contribution is 6.33. The van der Waals surface area contributed by atoms with Gasteiger partial charge in [-0.1, -0.05) is 0 Å². The number of carboxylic acids is 2. The van der Waals surface area contributed by atoms with Gasteiger partial charge in [-0.05, 0) is 6.92 Å². The molecule has 0 spiro atoms. The zero-order chi connectivity index (χ0) is 56.2. The van der Waals surface area contributed by atoms with E-state index in [1.165, 1.54) is 6.92 Å². The van der Waals surface area contributed by atoms with Gasteiger partial charge in [0.05, 0.1) is 56.8 Å². The number of nitrogens with two attached hydrogens (primary N) is 1. The molecule has 0 bridgehead atoms. The average Bonchev–Trinajstić information content (AvgIpc) is 3.35. The molecule has 0 aromatic rings. The molecule has 2 aliphatic rings. The molecular weight excluding hydrogens is 996 g/mol. The summed E-state index contributed by atoms with van der Waals surface area (Å²) in [5.41, 5.74) is 5.30. The number of Topliss-reactive ketones (excluding diaryl/α,β-unsaturated/α-hetero) is 2. The molecule has 1 amide bonds. The van der Waals surface area contributed by atoms with Crippen molar-refractivity contribution in [3.05, 3.63) is 0 Å². The first kappa shape index (κ1) is 68.4. The monoisotopic (exact) mass is 1060 g/mol. The number of hydrogen-bond donors (Lipinski definition) is 24. The van der Waals surface area contributed by atoms with Crippen LogP contribution in [0.15, 0.2) is 0 Å². The summed E-state index contributed by atoms with van der Waals surface area (Å²) in [6.07, 6.45) is -40.6. The summed E-state index contributed by atoms with van der Waals surface area (Å²) >= 11 is 0. The third-order valence-electron chi connectivity index (χ3n) is 10.7. The number of nitrogens with one attached hydrogen (secondary N) is 1. The van der Waals surface area contributed by atoms with Crippen LogP contribution in [0.4, 0.5) is 0 Å².